The summed E-state index contributed by atoms with van der Waals surface area (Å²) in [4.78, 5) is 12.5. The fraction of sp³-hybridized carbons (Fsp3) is 0.200. The van der Waals surface area contributed by atoms with E-state index in [0.29, 0.717) is 16.5 Å². The predicted molar refractivity (Wildman–Crippen MR) is 117 cm³/mol. The number of para-hydroxylation sites is 1. The van der Waals surface area contributed by atoms with Crippen molar-refractivity contribution in [3.63, 3.8) is 0 Å². The molecule has 0 spiro atoms. The first kappa shape index (κ1) is 21.4. The number of esters is 1. The first-order valence-electron chi connectivity index (χ1n) is 9.56. The van der Waals surface area contributed by atoms with Crippen LogP contribution in [-0.2, 0) is 16.0 Å². The molecule has 0 N–H and O–H groups in total. The highest BCUT2D eigenvalue weighted by Gasteiger charge is 2.35. The van der Waals surface area contributed by atoms with Crippen molar-refractivity contribution in [2.24, 2.45) is 0 Å². The van der Waals surface area contributed by atoms with Gasteiger partial charge in [-0.25, -0.2) is 0 Å². The van der Waals surface area contributed by atoms with Crippen molar-refractivity contribution < 1.29 is 14.3 Å². The fourth-order valence-corrected chi connectivity index (χ4v) is 3.30. The highest BCUT2D eigenvalue weighted by Crippen LogP contribution is 2.34. The Hall–Kier alpha value is -3.29. The summed E-state index contributed by atoms with van der Waals surface area (Å²) in [6, 6.07) is 26.0. The lowest BCUT2D eigenvalue weighted by Crippen LogP contribution is -2.35. The van der Waals surface area contributed by atoms with Gasteiger partial charge >= 0.3 is 5.97 Å². The Morgan fingerprint density at radius 2 is 1.67 bits per heavy atom. The Labute approximate surface area is 181 Å². The van der Waals surface area contributed by atoms with Crippen LogP contribution in [0.4, 0.5) is 0 Å². The molecule has 0 aliphatic rings. The second-order valence-corrected chi connectivity index (χ2v) is 7.87. The van der Waals surface area contributed by atoms with E-state index in [1.165, 1.54) is 0 Å². The molecule has 0 saturated carbocycles. The number of carbonyl (C=O) groups excluding carboxylic acids is 1. The van der Waals surface area contributed by atoms with Crippen molar-refractivity contribution in [1.82, 2.24) is 0 Å². The average molecular weight is 420 g/mol. The van der Waals surface area contributed by atoms with E-state index >= 15 is 0 Å². The van der Waals surface area contributed by atoms with Gasteiger partial charge in [-0.2, -0.15) is 5.26 Å². The van der Waals surface area contributed by atoms with Crippen molar-refractivity contribution >= 4 is 17.6 Å². The smallest absolute Gasteiger partial charge is 0.310 e. The molecule has 3 aromatic rings. The lowest BCUT2D eigenvalue weighted by atomic mass is 9.85. The molecule has 0 saturated heterocycles. The topological polar surface area (TPSA) is 59.3 Å². The molecular formula is C25H22ClNO3. The van der Waals surface area contributed by atoms with E-state index in [2.05, 4.69) is 6.07 Å². The van der Waals surface area contributed by atoms with Gasteiger partial charge in [-0.1, -0.05) is 54.1 Å². The monoisotopic (exact) mass is 419 g/mol. The molecule has 152 valence electrons. The predicted octanol–water partition coefficient (Wildman–Crippen LogP) is 6.30. The van der Waals surface area contributed by atoms with Crippen LogP contribution in [0.3, 0.4) is 0 Å². The van der Waals surface area contributed by atoms with Crippen molar-refractivity contribution in [3.8, 4) is 17.6 Å². The number of hydrogen-bond acceptors (Lipinski definition) is 4. The van der Waals surface area contributed by atoms with Gasteiger partial charge in [0, 0.05) is 5.02 Å². The Kier molecular flexibility index (Phi) is 6.76. The maximum Gasteiger partial charge on any atom is 0.310 e. The van der Waals surface area contributed by atoms with Gasteiger partial charge in [0.05, 0.1) is 12.5 Å². The molecule has 0 bridgehead atoms. The minimum absolute atomic E-state index is 0.107. The van der Waals surface area contributed by atoms with Crippen LogP contribution in [0.25, 0.3) is 0 Å². The minimum Gasteiger partial charge on any atom is -0.458 e. The number of nitrogens with zero attached hydrogens (tertiary/aromatic N) is 1. The van der Waals surface area contributed by atoms with Crippen molar-refractivity contribution in [2.45, 2.75) is 31.8 Å². The molecule has 0 amide bonds. The van der Waals surface area contributed by atoms with Crippen LogP contribution in [-0.4, -0.2) is 11.6 Å². The van der Waals surface area contributed by atoms with Gasteiger partial charge < -0.3 is 9.47 Å². The zero-order valence-corrected chi connectivity index (χ0v) is 17.6. The Balaban J connectivity index is 1.73. The third-order valence-electron chi connectivity index (χ3n) is 4.63. The molecule has 3 aromatic carbocycles. The Morgan fingerprint density at radius 3 is 2.33 bits per heavy atom. The van der Waals surface area contributed by atoms with Gasteiger partial charge in [-0.05, 0) is 61.4 Å². The molecule has 30 heavy (non-hydrogen) atoms. The molecule has 0 heterocycles. The summed E-state index contributed by atoms with van der Waals surface area (Å²) < 4.78 is 11.6. The van der Waals surface area contributed by atoms with Gasteiger partial charge in [0.25, 0.3) is 0 Å². The molecule has 4 nitrogen and oxygen atoms in total. The number of nitriles is 1. The van der Waals surface area contributed by atoms with E-state index in [1.807, 2.05) is 48.5 Å². The summed E-state index contributed by atoms with van der Waals surface area (Å²) in [6.45, 7) is 3.48. The first-order chi connectivity index (χ1) is 14.4. The molecule has 3 rings (SSSR count). The average Bonchev–Trinajstić information content (AvgIpc) is 2.71. The summed E-state index contributed by atoms with van der Waals surface area (Å²) in [7, 11) is 0. The summed E-state index contributed by atoms with van der Waals surface area (Å²) in [5.74, 6) is 0.254. The lowest BCUT2D eigenvalue weighted by molar-refractivity contribution is -0.156. The van der Waals surface area contributed by atoms with E-state index in [4.69, 9.17) is 21.1 Å². The minimum atomic E-state index is -1.02. The van der Waals surface area contributed by atoms with Gasteiger partial charge in [0.1, 0.15) is 23.0 Å². The first-order valence-corrected chi connectivity index (χ1v) is 9.94. The van der Waals surface area contributed by atoms with Gasteiger partial charge in [0.2, 0.25) is 0 Å². The maximum absolute atomic E-state index is 12.5. The summed E-state index contributed by atoms with van der Waals surface area (Å²) in [6.07, 6.45) is 0.107. The van der Waals surface area contributed by atoms with E-state index in [0.717, 1.165) is 11.1 Å². The number of ether oxygens (including phenoxy) is 2. The molecule has 0 aliphatic carbocycles. The number of benzene rings is 3. The second-order valence-electron chi connectivity index (χ2n) is 7.43. The van der Waals surface area contributed by atoms with Crippen LogP contribution in [0.5, 0.6) is 11.5 Å². The highest BCUT2D eigenvalue weighted by molar-refractivity contribution is 6.30. The van der Waals surface area contributed by atoms with E-state index in [1.54, 1.807) is 44.2 Å². The van der Waals surface area contributed by atoms with Gasteiger partial charge in [-0.3, -0.25) is 4.79 Å². The van der Waals surface area contributed by atoms with E-state index < -0.39 is 17.5 Å². The standard InChI is InChI=1S/C25H22ClNO3/c1-25(2,30-24(28)15-18-11-13-20(26)14-12-18)23(17-27)19-7-6-10-22(16-19)29-21-8-4-3-5-9-21/h3-14,16,23H,15H2,1-2H3. The van der Waals surface area contributed by atoms with E-state index in [-0.39, 0.29) is 6.42 Å². The molecule has 5 heteroatoms. The lowest BCUT2D eigenvalue weighted by Gasteiger charge is -2.30. The van der Waals surface area contributed by atoms with Crippen LogP contribution >= 0.6 is 11.6 Å². The number of halogens is 1. The molecule has 0 radical (unpaired) electrons. The highest BCUT2D eigenvalue weighted by atomic mass is 35.5. The summed E-state index contributed by atoms with van der Waals surface area (Å²) in [5, 5.41) is 10.4. The SMILES string of the molecule is CC(C)(OC(=O)Cc1ccc(Cl)cc1)C(C#N)c1cccc(Oc2ccccc2)c1. The van der Waals surface area contributed by atoms with E-state index in [9.17, 15) is 10.1 Å². The maximum atomic E-state index is 12.5. The molecule has 0 aromatic heterocycles. The Bertz CT molecular complexity index is 1040. The summed E-state index contributed by atoms with van der Waals surface area (Å²) >= 11 is 5.88. The third kappa shape index (κ3) is 5.62. The Morgan fingerprint density at radius 1 is 1.00 bits per heavy atom. The number of rotatable bonds is 7. The zero-order valence-electron chi connectivity index (χ0n) is 16.8. The van der Waals surface area contributed by atoms with Crippen LogP contribution in [0.15, 0.2) is 78.9 Å². The summed E-state index contributed by atoms with van der Waals surface area (Å²) in [5.41, 5.74) is 0.492. The van der Waals surface area contributed by atoms with Crippen molar-refractivity contribution in [3.05, 3.63) is 95.0 Å². The van der Waals surface area contributed by atoms with Crippen LogP contribution < -0.4 is 4.74 Å². The zero-order chi connectivity index (χ0) is 21.6. The molecule has 0 aliphatic heterocycles. The fourth-order valence-electron chi connectivity index (χ4n) is 3.17. The number of carbonyl (C=O) groups is 1. The van der Waals surface area contributed by atoms with Crippen LogP contribution in [0, 0.1) is 11.3 Å². The van der Waals surface area contributed by atoms with Gasteiger partial charge in [0.15, 0.2) is 0 Å². The largest absolute Gasteiger partial charge is 0.458 e. The molecule has 1 unspecified atom stereocenters. The van der Waals surface area contributed by atoms with Crippen LogP contribution in [0.2, 0.25) is 5.02 Å². The molecule has 0 fully saturated rings. The number of hydrogen-bond donors (Lipinski definition) is 0. The van der Waals surface area contributed by atoms with Crippen molar-refractivity contribution in [2.75, 3.05) is 0 Å². The third-order valence-corrected chi connectivity index (χ3v) is 4.89. The van der Waals surface area contributed by atoms with Gasteiger partial charge in [-0.15, -0.1) is 0 Å². The van der Waals surface area contributed by atoms with Crippen molar-refractivity contribution in [1.29, 1.82) is 5.26 Å². The molecule has 1 atom stereocenters. The normalized spacial score (nSPS) is 11.9. The quantitative estimate of drug-likeness (QED) is 0.421. The van der Waals surface area contributed by atoms with Crippen LogP contribution in [0.1, 0.15) is 30.9 Å². The second kappa shape index (κ2) is 9.47. The molecular weight excluding hydrogens is 398 g/mol.